The molecule has 5 atom stereocenters. The molecule has 13 heteroatoms. The third-order valence-corrected chi connectivity index (χ3v) is 3.25. The predicted octanol–water partition coefficient (Wildman–Crippen LogP) is -0.0230. The van der Waals surface area contributed by atoms with Crippen molar-refractivity contribution in [1.82, 2.24) is 0 Å². The highest BCUT2D eigenvalue weighted by molar-refractivity contribution is 4.84. The molecule has 0 radical (unpaired) electrons. The van der Waals surface area contributed by atoms with E-state index in [4.69, 9.17) is 4.74 Å². The summed E-state index contributed by atoms with van der Waals surface area (Å²) >= 11 is 0. The first-order valence-corrected chi connectivity index (χ1v) is 5.77. The second-order valence-corrected chi connectivity index (χ2v) is 4.40. The van der Waals surface area contributed by atoms with Crippen LogP contribution in [0.4, 0.5) is 0 Å². The molecular weight excluding hydrogens is 298 g/mol. The van der Waals surface area contributed by atoms with Crippen molar-refractivity contribution < 1.29 is 34.5 Å². The van der Waals surface area contributed by atoms with Crippen molar-refractivity contribution in [2.45, 2.75) is 32.3 Å². The van der Waals surface area contributed by atoms with Crippen LogP contribution >= 0.6 is 0 Å². The maximum Gasteiger partial charge on any atom is 0.297 e. The summed E-state index contributed by atoms with van der Waals surface area (Å²) in [6.07, 6.45) is -3.94. The highest BCUT2D eigenvalue weighted by Gasteiger charge is 2.46. The summed E-state index contributed by atoms with van der Waals surface area (Å²) in [5, 5.41) is 27.7. The summed E-state index contributed by atoms with van der Waals surface area (Å²) in [5.74, 6) is -1.06. The van der Waals surface area contributed by atoms with Crippen LogP contribution < -0.4 is 0 Å². The Morgan fingerprint density at radius 2 is 1.52 bits per heavy atom. The lowest BCUT2D eigenvalue weighted by molar-refractivity contribution is -0.815. The second-order valence-electron chi connectivity index (χ2n) is 4.40. The topological polar surface area (TPSA) is 166 Å². The van der Waals surface area contributed by atoms with Gasteiger partial charge in [0.25, 0.3) is 15.3 Å². The fourth-order valence-corrected chi connectivity index (χ4v) is 2.00. The van der Waals surface area contributed by atoms with Gasteiger partial charge in [-0.05, 0) is 11.8 Å². The minimum Gasteiger partial charge on any atom is -0.345 e. The van der Waals surface area contributed by atoms with Crippen molar-refractivity contribution >= 4 is 0 Å². The SMILES string of the molecule is C[C@@H]1C(CO[N+](=O)[O-])OC(O[N+](=O)[O-])C(O[N+](=O)[O-])[C@H]1C. The van der Waals surface area contributed by atoms with E-state index in [1.54, 1.807) is 6.92 Å². The summed E-state index contributed by atoms with van der Waals surface area (Å²) in [4.78, 5) is 43.7. The summed E-state index contributed by atoms with van der Waals surface area (Å²) in [6, 6.07) is 0. The molecule has 1 aliphatic heterocycles. The van der Waals surface area contributed by atoms with E-state index < -0.39 is 52.2 Å². The van der Waals surface area contributed by atoms with Gasteiger partial charge in [-0.15, -0.1) is 30.3 Å². The molecule has 0 amide bonds. The van der Waals surface area contributed by atoms with E-state index in [0.29, 0.717) is 0 Å². The number of ether oxygens (including phenoxy) is 1. The van der Waals surface area contributed by atoms with E-state index in [1.165, 1.54) is 6.92 Å². The van der Waals surface area contributed by atoms with E-state index in [0.717, 1.165) is 0 Å². The van der Waals surface area contributed by atoms with Gasteiger partial charge in [0, 0.05) is 0 Å². The molecule has 1 saturated heterocycles. The van der Waals surface area contributed by atoms with Gasteiger partial charge in [0.2, 0.25) is 6.29 Å². The van der Waals surface area contributed by atoms with E-state index in [2.05, 4.69) is 14.5 Å². The number of hydrogen-bond donors (Lipinski definition) is 0. The Hall–Kier alpha value is -2.44. The lowest BCUT2D eigenvalue weighted by Gasteiger charge is -2.41. The first-order valence-electron chi connectivity index (χ1n) is 5.77. The molecule has 0 N–H and O–H groups in total. The van der Waals surface area contributed by atoms with E-state index >= 15 is 0 Å². The molecule has 0 saturated carbocycles. The van der Waals surface area contributed by atoms with Gasteiger partial charge < -0.3 is 14.4 Å². The van der Waals surface area contributed by atoms with Crippen LogP contribution in [0, 0.1) is 42.2 Å². The molecule has 1 heterocycles. The fraction of sp³-hybridized carbons (Fsp3) is 1.00. The fourth-order valence-electron chi connectivity index (χ4n) is 2.00. The zero-order valence-electron chi connectivity index (χ0n) is 11.0. The van der Waals surface area contributed by atoms with Gasteiger partial charge in [-0.25, -0.2) is 0 Å². The van der Waals surface area contributed by atoms with Crippen LogP contribution in [0.2, 0.25) is 0 Å². The molecule has 13 nitrogen and oxygen atoms in total. The minimum atomic E-state index is -1.68. The second kappa shape index (κ2) is 6.83. The monoisotopic (exact) mass is 311 g/mol. The van der Waals surface area contributed by atoms with Gasteiger partial charge in [0.05, 0.1) is 6.10 Å². The van der Waals surface area contributed by atoms with Gasteiger partial charge in [0.15, 0.2) is 6.10 Å². The van der Waals surface area contributed by atoms with Crippen LogP contribution in [0.1, 0.15) is 13.8 Å². The molecule has 1 fully saturated rings. The van der Waals surface area contributed by atoms with Crippen LogP contribution in [0.5, 0.6) is 0 Å². The minimum absolute atomic E-state index is 0.457. The Bertz CT molecular complexity index is 415. The third-order valence-electron chi connectivity index (χ3n) is 3.25. The molecule has 21 heavy (non-hydrogen) atoms. The smallest absolute Gasteiger partial charge is 0.297 e. The van der Waals surface area contributed by atoms with Crippen molar-refractivity contribution in [2.24, 2.45) is 11.8 Å². The maximum absolute atomic E-state index is 10.4. The molecule has 0 aliphatic carbocycles. The first-order chi connectivity index (χ1) is 9.72. The Morgan fingerprint density at radius 3 is 2.00 bits per heavy atom. The van der Waals surface area contributed by atoms with Crippen molar-refractivity contribution in [2.75, 3.05) is 6.61 Å². The molecule has 1 aliphatic rings. The van der Waals surface area contributed by atoms with Gasteiger partial charge in [0.1, 0.15) is 6.61 Å². The molecule has 0 aromatic rings. The van der Waals surface area contributed by atoms with E-state index in [1.807, 2.05) is 0 Å². The van der Waals surface area contributed by atoms with Gasteiger partial charge in [-0.2, -0.15) is 0 Å². The molecule has 0 aromatic carbocycles. The lowest BCUT2D eigenvalue weighted by atomic mass is 9.84. The van der Waals surface area contributed by atoms with Crippen molar-refractivity contribution in [3.05, 3.63) is 30.3 Å². The largest absolute Gasteiger partial charge is 0.345 e. The predicted molar refractivity (Wildman–Crippen MR) is 59.9 cm³/mol. The van der Waals surface area contributed by atoms with Crippen LogP contribution in [-0.4, -0.2) is 40.4 Å². The lowest BCUT2D eigenvalue weighted by Crippen LogP contribution is -2.54. The normalized spacial score (nSPS) is 32.0. The highest BCUT2D eigenvalue weighted by Crippen LogP contribution is 2.33. The number of rotatable bonds is 7. The zero-order chi connectivity index (χ0) is 16.2. The average Bonchev–Trinajstić information content (AvgIpc) is 2.35. The molecule has 120 valence electrons. The molecule has 3 unspecified atom stereocenters. The molecule has 0 aromatic heterocycles. The quantitative estimate of drug-likeness (QED) is 0.460. The van der Waals surface area contributed by atoms with Crippen LogP contribution in [0.3, 0.4) is 0 Å². The number of nitrogens with zero attached hydrogens (tertiary/aromatic N) is 3. The van der Waals surface area contributed by atoms with E-state index in [-0.39, 0.29) is 0 Å². The summed E-state index contributed by atoms with van der Waals surface area (Å²) < 4.78 is 5.12. The van der Waals surface area contributed by atoms with Crippen molar-refractivity contribution in [1.29, 1.82) is 0 Å². The standard InChI is InChI=1S/C8H13N3O10/c1-4-5(2)7(20-10(14)15)8(21-11(16)17)19-6(4)3-18-9(12)13/h4-8H,3H2,1-2H3/t4-,5-,6?,7?,8?/m0/s1. The van der Waals surface area contributed by atoms with Gasteiger partial charge >= 0.3 is 0 Å². The van der Waals surface area contributed by atoms with Crippen molar-refractivity contribution in [3.63, 3.8) is 0 Å². The molecular formula is C8H13N3O10. The zero-order valence-corrected chi connectivity index (χ0v) is 11.0. The van der Waals surface area contributed by atoms with E-state index in [9.17, 15) is 30.3 Å². The molecule has 1 rings (SSSR count). The van der Waals surface area contributed by atoms with Crippen LogP contribution in [-0.2, 0) is 19.2 Å². The number of hydrogen-bond acceptors (Lipinski definition) is 10. The van der Waals surface area contributed by atoms with Crippen molar-refractivity contribution in [3.8, 4) is 0 Å². The third kappa shape index (κ3) is 4.55. The summed E-state index contributed by atoms with van der Waals surface area (Å²) in [5.41, 5.74) is 0. The Balaban J connectivity index is 2.84. The maximum atomic E-state index is 10.4. The first kappa shape index (κ1) is 16.6. The highest BCUT2D eigenvalue weighted by atomic mass is 17.0. The Kier molecular flexibility index (Phi) is 5.40. The molecule has 0 bridgehead atoms. The summed E-state index contributed by atoms with van der Waals surface area (Å²) in [6.45, 7) is 2.63. The Labute approximate surface area is 117 Å². The van der Waals surface area contributed by atoms with Gasteiger partial charge in [-0.3, -0.25) is 4.84 Å². The van der Waals surface area contributed by atoms with Gasteiger partial charge in [-0.1, -0.05) is 13.8 Å². The van der Waals surface area contributed by atoms with Crippen LogP contribution in [0.25, 0.3) is 0 Å². The molecule has 0 spiro atoms. The summed E-state index contributed by atoms with van der Waals surface area (Å²) in [7, 11) is 0. The average molecular weight is 311 g/mol. The Morgan fingerprint density at radius 1 is 0.952 bits per heavy atom. The van der Waals surface area contributed by atoms with Crippen LogP contribution in [0.15, 0.2) is 0 Å².